The van der Waals surface area contributed by atoms with Crippen molar-refractivity contribution in [2.45, 2.75) is 55.1 Å². The molecule has 0 unspecified atom stereocenters. The van der Waals surface area contributed by atoms with Gasteiger partial charge in [-0.1, -0.05) is 72.8 Å². The van der Waals surface area contributed by atoms with Gasteiger partial charge >= 0.3 is 0 Å². The number of carbonyl (C=O) groups excluding carboxylic acids is 1. The van der Waals surface area contributed by atoms with E-state index in [1.165, 1.54) is 4.31 Å². The lowest BCUT2D eigenvalue weighted by atomic mass is 9.96. The van der Waals surface area contributed by atoms with E-state index in [1.54, 1.807) is 30.3 Å². The predicted molar refractivity (Wildman–Crippen MR) is 147 cm³/mol. The Balaban J connectivity index is 1.18. The van der Waals surface area contributed by atoms with Crippen molar-refractivity contribution in [3.63, 3.8) is 0 Å². The number of fused-ring (bicyclic) bond motifs is 1. The summed E-state index contributed by atoms with van der Waals surface area (Å²) in [5.74, 6) is -0.124. The Bertz CT molecular complexity index is 1330. The first-order chi connectivity index (χ1) is 18.9. The van der Waals surface area contributed by atoms with Crippen LogP contribution < -0.4 is 5.32 Å². The molecule has 0 radical (unpaired) electrons. The van der Waals surface area contributed by atoms with E-state index in [4.69, 9.17) is 9.47 Å². The first-order valence-electron chi connectivity index (χ1n) is 13.3. The first-order valence-corrected chi connectivity index (χ1v) is 14.7. The summed E-state index contributed by atoms with van der Waals surface area (Å²) >= 11 is 0. The number of sulfonamides is 1. The van der Waals surface area contributed by atoms with Crippen LogP contribution in [0.25, 0.3) is 11.1 Å². The second kappa shape index (κ2) is 12.4. The molecule has 8 nitrogen and oxygen atoms in total. The second-order valence-electron chi connectivity index (χ2n) is 10.1. The van der Waals surface area contributed by atoms with E-state index in [-0.39, 0.29) is 43.1 Å². The molecule has 9 heteroatoms. The zero-order valence-electron chi connectivity index (χ0n) is 21.7. The normalized spacial score (nSPS) is 24.2. The highest BCUT2D eigenvalue weighted by molar-refractivity contribution is 7.89. The molecule has 5 rings (SSSR count). The molecule has 2 aliphatic rings. The van der Waals surface area contributed by atoms with Gasteiger partial charge in [0.05, 0.1) is 48.9 Å². The third kappa shape index (κ3) is 6.74. The number of nitrogens with zero attached hydrogens (tertiary/aromatic N) is 1. The molecule has 39 heavy (non-hydrogen) atoms. The fraction of sp³-hybridized carbons (Fsp3) is 0.367. The highest BCUT2D eigenvalue weighted by Crippen LogP contribution is 2.31. The van der Waals surface area contributed by atoms with Crippen LogP contribution in [-0.4, -0.2) is 67.8 Å². The van der Waals surface area contributed by atoms with Crippen molar-refractivity contribution < 1.29 is 27.8 Å². The Hall–Kier alpha value is -3.08. The minimum absolute atomic E-state index is 0.0155. The van der Waals surface area contributed by atoms with Gasteiger partial charge in [-0.3, -0.25) is 4.79 Å². The van der Waals surface area contributed by atoms with Crippen LogP contribution in [0.2, 0.25) is 0 Å². The summed E-state index contributed by atoms with van der Waals surface area (Å²) in [6.07, 6.45) is -0.605. The summed E-state index contributed by atoms with van der Waals surface area (Å²) in [5.41, 5.74) is 3.26. The van der Waals surface area contributed by atoms with Gasteiger partial charge in [0.15, 0.2) is 0 Å². The van der Waals surface area contributed by atoms with Gasteiger partial charge in [-0.05, 0) is 41.7 Å². The maximum absolute atomic E-state index is 13.5. The Morgan fingerprint density at radius 1 is 0.897 bits per heavy atom. The maximum atomic E-state index is 13.5. The Morgan fingerprint density at radius 3 is 2.28 bits per heavy atom. The number of aliphatic hydroxyl groups is 1. The highest BCUT2D eigenvalue weighted by Gasteiger charge is 2.43. The standard InChI is InChI=1S/C30H34N2O6S/c33-25-19-32(39(35,36)27-9-5-2-6-10-27)28-16-15-26(38-29(28)21-37-20-25)17-30(34)31-18-22-11-13-24(14-12-22)23-7-3-1-4-8-23/h1-14,25-26,28-29,33H,15-21H2,(H,31,34)/t25-,26-,28-,29+/m0/s1. The van der Waals surface area contributed by atoms with Gasteiger partial charge in [-0.25, -0.2) is 8.42 Å². The number of hydrogen-bond acceptors (Lipinski definition) is 6. The van der Waals surface area contributed by atoms with Gasteiger partial charge in [-0.15, -0.1) is 0 Å². The third-order valence-corrected chi connectivity index (χ3v) is 9.15. The minimum atomic E-state index is -3.85. The molecule has 2 saturated heterocycles. The van der Waals surface area contributed by atoms with Crippen LogP contribution >= 0.6 is 0 Å². The molecule has 0 aromatic heterocycles. The molecule has 0 spiro atoms. The number of hydrogen-bond donors (Lipinski definition) is 2. The third-order valence-electron chi connectivity index (χ3n) is 7.25. The Kier molecular flexibility index (Phi) is 8.74. The molecule has 1 amide bonds. The minimum Gasteiger partial charge on any atom is -0.389 e. The molecule has 4 atom stereocenters. The van der Waals surface area contributed by atoms with E-state index in [0.717, 1.165) is 16.7 Å². The second-order valence-corrected chi connectivity index (χ2v) is 12.0. The average molecular weight is 551 g/mol. The molecule has 0 bridgehead atoms. The lowest BCUT2D eigenvalue weighted by Crippen LogP contribution is -2.57. The summed E-state index contributed by atoms with van der Waals surface area (Å²) in [4.78, 5) is 12.9. The molecule has 206 valence electrons. The summed E-state index contributed by atoms with van der Waals surface area (Å²) in [5, 5.41) is 13.3. The zero-order chi connectivity index (χ0) is 27.2. The average Bonchev–Trinajstić information content (AvgIpc) is 2.95. The molecule has 2 aliphatic heterocycles. The van der Waals surface area contributed by atoms with Crippen LogP contribution in [0.5, 0.6) is 0 Å². The van der Waals surface area contributed by atoms with Gasteiger partial charge in [0.2, 0.25) is 15.9 Å². The van der Waals surface area contributed by atoms with Crippen LogP contribution in [-0.2, 0) is 30.8 Å². The van der Waals surface area contributed by atoms with Crippen molar-refractivity contribution in [3.8, 4) is 11.1 Å². The number of aliphatic hydroxyl groups excluding tert-OH is 1. The summed E-state index contributed by atoms with van der Waals surface area (Å²) < 4.78 is 40.2. The Morgan fingerprint density at radius 2 is 1.56 bits per heavy atom. The van der Waals surface area contributed by atoms with E-state index in [2.05, 4.69) is 17.4 Å². The topological polar surface area (TPSA) is 105 Å². The Labute approximate surface area is 229 Å². The molecule has 2 N–H and O–H groups in total. The van der Waals surface area contributed by atoms with E-state index < -0.39 is 28.3 Å². The van der Waals surface area contributed by atoms with Crippen molar-refractivity contribution >= 4 is 15.9 Å². The molecule has 2 fully saturated rings. The van der Waals surface area contributed by atoms with Crippen molar-refractivity contribution in [1.82, 2.24) is 9.62 Å². The lowest BCUT2D eigenvalue weighted by molar-refractivity contribution is -0.146. The van der Waals surface area contributed by atoms with Gasteiger partial charge in [-0.2, -0.15) is 4.31 Å². The lowest BCUT2D eigenvalue weighted by Gasteiger charge is -2.43. The van der Waals surface area contributed by atoms with Gasteiger partial charge in [0.25, 0.3) is 0 Å². The number of amides is 1. The summed E-state index contributed by atoms with van der Waals surface area (Å²) in [6, 6.07) is 25.9. The molecule has 0 saturated carbocycles. The van der Waals surface area contributed by atoms with Crippen LogP contribution in [0.1, 0.15) is 24.8 Å². The number of benzene rings is 3. The van der Waals surface area contributed by atoms with Crippen molar-refractivity contribution in [1.29, 1.82) is 0 Å². The van der Waals surface area contributed by atoms with E-state index >= 15 is 0 Å². The highest BCUT2D eigenvalue weighted by atomic mass is 32.2. The molecule has 3 aromatic carbocycles. The van der Waals surface area contributed by atoms with E-state index in [9.17, 15) is 18.3 Å². The molecule has 3 aromatic rings. The fourth-order valence-electron chi connectivity index (χ4n) is 5.22. The van der Waals surface area contributed by atoms with Crippen molar-refractivity contribution in [2.75, 3.05) is 19.8 Å². The number of nitrogens with one attached hydrogen (secondary N) is 1. The van der Waals surface area contributed by atoms with Gasteiger partial charge < -0.3 is 19.9 Å². The smallest absolute Gasteiger partial charge is 0.243 e. The molecular weight excluding hydrogens is 516 g/mol. The number of rotatable bonds is 7. The predicted octanol–water partition coefficient (Wildman–Crippen LogP) is 3.36. The number of β-amino-alcohol motifs (C(OH)–C–C–N with tert-alkyl or cyclic N) is 1. The SMILES string of the molecule is O=C(C[C@@H]1CC[C@H]2[C@@H](COC[C@@H](O)CN2S(=O)(=O)c2ccccc2)O1)NCc1ccc(-c2ccccc2)cc1. The van der Waals surface area contributed by atoms with Gasteiger partial charge in [0.1, 0.15) is 0 Å². The molecule has 0 aliphatic carbocycles. The van der Waals surface area contributed by atoms with E-state index in [0.29, 0.717) is 19.4 Å². The van der Waals surface area contributed by atoms with Crippen LogP contribution in [0.4, 0.5) is 0 Å². The van der Waals surface area contributed by atoms with Crippen LogP contribution in [0.3, 0.4) is 0 Å². The summed E-state index contributed by atoms with van der Waals surface area (Å²) in [6.45, 7) is 0.503. The van der Waals surface area contributed by atoms with Gasteiger partial charge in [0, 0.05) is 13.1 Å². The van der Waals surface area contributed by atoms with Crippen LogP contribution in [0.15, 0.2) is 89.8 Å². The largest absolute Gasteiger partial charge is 0.389 e. The van der Waals surface area contributed by atoms with Crippen LogP contribution in [0, 0.1) is 0 Å². The fourth-order valence-corrected chi connectivity index (χ4v) is 6.96. The van der Waals surface area contributed by atoms with Crippen molar-refractivity contribution in [2.24, 2.45) is 0 Å². The first kappa shape index (κ1) is 27.5. The quantitative estimate of drug-likeness (QED) is 0.468. The number of carbonyl (C=O) groups is 1. The monoisotopic (exact) mass is 550 g/mol. The maximum Gasteiger partial charge on any atom is 0.243 e. The zero-order valence-corrected chi connectivity index (χ0v) is 22.5. The van der Waals surface area contributed by atoms with E-state index in [1.807, 2.05) is 42.5 Å². The van der Waals surface area contributed by atoms with Crippen molar-refractivity contribution in [3.05, 3.63) is 90.5 Å². The molecule has 2 heterocycles. The summed E-state index contributed by atoms with van der Waals surface area (Å²) in [7, 11) is -3.85. The molecular formula is C30H34N2O6S. The number of ether oxygens (including phenoxy) is 2.